The van der Waals surface area contributed by atoms with Gasteiger partial charge in [0.25, 0.3) is 0 Å². The molecule has 0 aliphatic heterocycles. The summed E-state index contributed by atoms with van der Waals surface area (Å²) in [5.41, 5.74) is 1.02. The summed E-state index contributed by atoms with van der Waals surface area (Å²) >= 11 is 0. The number of hydrogen-bond acceptors (Lipinski definition) is 3. The summed E-state index contributed by atoms with van der Waals surface area (Å²) in [6, 6.07) is 9.24. The molecule has 5 heteroatoms. The fraction of sp³-hybridized carbons (Fsp3) is 0.529. The van der Waals surface area contributed by atoms with Gasteiger partial charge in [0.05, 0.1) is 6.10 Å². The highest BCUT2D eigenvalue weighted by Gasteiger charge is 2.23. The van der Waals surface area contributed by atoms with Crippen molar-refractivity contribution in [2.24, 2.45) is 5.92 Å². The van der Waals surface area contributed by atoms with E-state index in [2.05, 4.69) is 10.6 Å². The maximum Gasteiger partial charge on any atom is 0.242 e. The molecule has 0 heterocycles. The molecule has 0 unspecified atom stereocenters. The van der Waals surface area contributed by atoms with Crippen LogP contribution in [-0.4, -0.2) is 31.0 Å². The van der Waals surface area contributed by atoms with Gasteiger partial charge in [-0.3, -0.25) is 9.59 Å². The van der Waals surface area contributed by atoms with E-state index in [0.717, 1.165) is 5.56 Å². The molecule has 0 saturated carbocycles. The molecule has 5 nitrogen and oxygen atoms in total. The number of hydrogen-bond donors (Lipinski definition) is 2. The van der Waals surface area contributed by atoms with Gasteiger partial charge >= 0.3 is 0 Å². The van der Waals surface area contributed by atoms with Crippen LogP contribution in [0.15, 0.2) is 30.3 Å². The lowest BCUT2D eigenvalue weighted by Gasteiger charge is -2.23. The number of amides is 2. The van der Waals surface area contributed by atoms with Crippen LogP contribution in [0.1, 0.15) is 39.4 Å². The second-order valence-electron chi connectivity index (χ2n) is 5.52. The van der Waals surface area contributed by atoms with Gasteiger partial charge < -0.3 is 15.4 Å². The van der Waals surface area contributed by atoms with E-state index >= 15 is 0 Å². The molecule has 122 valence electrons. The number of benzene rings is 1. The molecule has 0 aliphatic rings. The topological polar surface area (TPSA) is 67.4 Å². The largest absolute Gasteiger partial charge is 0.372 e. The van der Waals surface area contributed by atoms with Crippen LogP contribution in [0.2, 0.25) is 0 Å². The zero-order chi connectivity index (χ0) is 16.5. The van der Waals surface area contributed by atoms with Crippen LogP contribution in [0.3, 0.4) is 0 Å². The van der Waals surface area contributed by atoms with Crippen molar-refractivity contribution in [3.63, 3.8) is 0 Å². The lowest BCUT2D eigenvalue weighted by atomic mass is 10.0. The minimum Gasteiger partial charge on any atom is -0.372 e. The van der Waals surface area contributed by atoms with E-state index in [-0.39, 0.29) is 23.8 Å². The number of carbonyl (C=O) groups is 2. The molecule has 0 aromatic heterocycles. The van der Waals surface area contributed by atoms with Crippen molar-refractivity contribution < 1.29 is 14.3 Å². The highest BCUT2D eigenvalue weighted by atomic mass is 16.5. The van der Waals surface area contributed by atoms with Crippen LogP contribution >= 0.6 is 0 Å². The third kappa shape index (κ3) is 5.85. The standard InChI is InChI=1S/C17H26N2O3/c1-5-22-15(14-9-7-6-8-10-14)11-18-17(21)16(12(2)3)19-13(4)20/h6-10,12,15-16H,5,11H2,1-4H3,(H,18,21)(H,19,20)/t15-,16+/m1/s1. The molecule has 1 rings (SSSR count). The molecule has 1 aromatic carbocycles. The first-order chi connectivity index (χ1) is 10.5. The predicted molar refractivity (Wildman–Crippen MR) is 86.3 cm³/mol. The molecule has 0 saturated heterocycles. The average Bonchev–Trinajstić information content (AvgIpc) is 2.49. The van der Waals surface area contributed by atoms with E-state index in [0.29, 0.717) is 13.2 Å². The molecular weight excluding hydrogens is 280 g/mol. The molecule has 22 heavy (non-hydrogen) atoms. The van der Waals surface area contributed by atoms with E-state index in [9.17, 15) is 9.59 Å². The smallest absolute Gasteiger partial charge is 0.242 e. The molecule has 1 aromatic rings. The summed E-state index contributed by atoms with van der Waals surface area (Å²) in [5.74, 6) is -0.379. The van der Waals surface area contributed by atoms with E-state index in [4.69, 9.17) is 4.74 Å². The normalized spacial score (nSPS) is 13.5. The molecule has 2 N–H and O–H groups in total. The van der Waals surface area contributed by atoms with Crippen molar-refractivity contribution in [2.75, 3.05) is 13.2 Å². The highest BCUT2D eigenvalue weighted by Crippen LogP contribution is 2.16. The Kier molecular flexibility index (Phi) is 7.60. The fourth-order valence-electron chi connectivity index (χ4n) is 2.20. The van der Waals surface area contributed by atoms with E-state index in [1.54, 1.807) is 0 Å². The third-order valence-electron chi connectivity index (χ3n) is 3.31. The SMILES string of the molecule is CCO[C@H](CNC(=O)[C@@H](NC(C)=O)C(C)C)c1ccccc1. The minimum atomic E-state index is -0.532. The van der Waals surface area contributed by atoms with Crippen molar-refractivity contribution in [3.05, 3.63) is 35.9 Å². The number of carbonyl (C=O) groups excluding carboxylic acids is 2. The van der Waals surface area contributed by atoms with E-state index in [1.807, 2.05) is 51.1 Å². The summed E-state index contributed by atoms with van der Waals surface area (Å²) < 4.78 is 5.70. The Hall–Kier alpha value is -1.88. The monoisotopic (exact) mass is 306 g/mol. The van der Waals surface area contributed by atoms with Gasteiger partial charge in [0, 0.05) is 20.1 Å². The van der Waals surface area contributed by atoms with Gasteiger partial charge in [0.15, 0.2) is 0 Å². The molecule has 0 aliphatic carbocycles. The molecular formula is C17H26N2O3. The lowest BCUT2D eigenvalue weighted by molar-refractivity contribution is -0.129. The molecule has 2 amide bonds. The Labute approximate surface area is 132 Å². The second-order valence-corrected chi connectivity index (χ2v) is 5.52. The highest BCUT2D eigenvalue weighted by molar-refractivity contribution is 5.87. The summed E-state index contributed by atoms with van der Waals surface area (Å²) in [6.07, 6.45) is -0.194. The van der Waals surface area contributed by atoms with Crippen molar-refractivity contribution in [2.45, 2.75) is 39.8 Å². The van der Waals surface area contributed by atoms with Gasteiger partial charge in [-0.25, -0.2) is 0 Å². The second kappa shape index (κ2) is 9.20. The van der Waals surface area contributed by atoms with Gasteiger partial charge in [0.1, 0.15) is 6.04 Å². The lowest BCUT2D eigenvalue weighted by Crippen LogP contribution is -2.49. The number of ether oxygens (including phenoxy) is 1. The van der Waals surface area contributed by atoms with E-state index < -0.39 is 6.04 Å². The summed E-state index contributed by atoms with van der Waals surface area (Å²) in [4.78, 5) is 23.5. The van der Waals surface area contributed by atoms with Crippen LogP contribution in [0.5, 0.6) is 0 Å². The third-order valence-corrected chi connectivity index (χ3v) is 3.31. The Morgan fingerprint density at radius 2 is 1.82 bits per heavy atom. The maximum absolute atomic E-state index is 12.3. The Morgan fingerprint density at radius 3 is 2.32 bits per heavy atom. The van der Waals surface area contributed by atoms with Crippen LogP contribution < -0.4 is 10.6 Å². The Morgan fingerprint density at radius 1 is 1.18 bits per heavy atom. The average molecular weight is 306 g/mol. The van der Waals surface area contributed by atoms with Gasteiger partial charge in [-0.1, -0.05) is 44.2 Å². The van der Waals surface area contributed by atoms with Crippen LogP contribution in [0.25, 0.3) is 0 Å². The van der Waals surface area contributed by atoms with Gasteiger partial charge in [-0.2, -0.15) is 0 Å². The summed E-state index contributed by atoms with van der Waals surface area (Å²) in [6.45, 7) is 8.07. The number of rotatable bonds is 8. The van der Waals surface area contributed by atoms with Crippen molar-refractivity contribution in [3.8, 4) is 0 Å². The molecule has 0 radical (unpaired) electrons. The van der Waals surface area contributed by atoms with Crippen LogP contribution in [0.4, 0.5) is 0 Å². The summed E-state index contributed by atoms with van der Waals surface area (Å²) in [5, 5.41) is 5.56. The van der Waals surface area contributed by atoms with Crippen molar-refractivity contribution >= 4 is 11.8 Å². The number of nitrogens with one attached hydrogen (secondary N) is 2. The Bertz CT molecular complexity index is 474. The van der Waals surface area contributed by atoms with Crippen LogP contribution in [0, 0.1) is 5.92 Å². The first kappa shape index (κ1) is 18.2. The first-order valence-electron chi connectivity index (χ1n) is 7.67. The Balaban J connectivity index is 2.67. The van der Waals surface area contributed by atoms with Gasteiger partial charge in [-0.05, 0) is 18.4 Å². The van der Waals surface area contributed by atoms with Crippen LogP contribution in [-0.2, 0) is 14.3 Å². The minimum absolute atomic E-state index is 0.0196. The van der Waals surface area contributed by atoms with Gasteiger partial charge in [-0.15, -0.1) is 0 Å². The predicted octanol–water partition coefficient (Wildman–Crippen LogP) is 2.04. The maximum atomic E-state index is 12.3. The first-order valence-corrected chi connectivity index (χ1v) is 7.67. The zero-order valence-corrected chi connectivity index (χ0v) is 13.8. The van der Waals surface area contributed by atoms with E-state index in [1.165, 1.54) is 6.92 Å². The van der Waals surface area contributed by atoms with Crippen molar-refractivity contribution in [1.82, 2.24) is 10.6 Å². The van der Waals surface area contributed by atoms with Gasteiger partial charge in [0.2, 0.25) is 11.8 Å². The molecule has 0 spiro atoms. The zero-order valence-electron chi connectivity index (χ0n) is 13.8. The summed E-state index contributed by atoms with van der Waals surface area (Å²) in [7, 11) is 0. The quantitative estimate of drug-likeness (QED) is 0.772. The fourth-order valence-corrected chi connectivity index (χ4v) is 2.20. The molecule has 0 fully saturated rings. The molecule has 2 atom stereocenters. The van der Waals surface area contributed by atoms with Crippen molar-refractivity contribution in [1.29, 1.82) is 0 Å². The molecule has 0 bridgehead atoms.